The Bertz CT molecular complexity index is 740. The highest BCUT2D eigenvalue weighted by molar-refractivity contribution is 6.10. The quantitative estimate of drug-likeness (QED) is 0.531. The van der Waals surface area contributed by atoms with Gasteiger partial charge in [-0.15, -0.1) is 0 Å². The molecule has 1 aliphatic rings. The van der Waals surface area contributed by atoms with E-state index in [2.05, 4.69) is 0 Å². The van der Waals surface area contributed by atoms with Crippen LogP contribution in [-0.4, -0.2) is 36.5 Å². The fourth-order valence-corrected chi connectivity index (χ4v) is 2.61. The van der Waals surface area contributed by atoms with Gasteiger partial charge in [0.2, 0.25) is 0 Å². The van der Waals surface area contributed by atoms with E-state index in [9.17, 15) is 14.4 Å². The lowest BCUT2D eigenvalue weighted by molar-refractivity contribution is 0.0429. The van der Waals surface area contributed by atoms with Gasteiger partial charge in [0.25, 0.3) is 0 Å². The second-order valence-electron chi connectivity index (χ2n) is 8.84. The van der Waals surface area contributed by atoms with E-state index in [1.165, 1.54) is 13.2 Å². The van der Waals surface area contributed by atoms with Gasteiger partial charge in [-0.25, -0.2) is 14.4 Å². The van der Waals surface area contributed by atoms with Crippen molar-refractivity contribution < 1.29 is 28.6 Å². The molecule has 0 radical (unpaired) electrons. The number of methoxy groups -OCH3 is 1. The molecule has 0 N–H and O–H groups in total. The highest BCUT2D eigenvalue weighted by Gasteiger charge is 2.37. The van der Waals surface area contributed by atoms with Crippen molar-refractivity contribution >= 4 is 23.8 Å². The van der Waals surface area contributed by atoms with E-state index in [0.717, 1.165) is 23.3 Å². The number of benzene rings is 1. The Morgan fingerprint density at radius 3 is 1.82 bits per heavy atom. The minimum atomic E-state index is -0.825. The van der Waals surface area contributed by atoms with Gasteiger partial charge in [-0.05, 0) is 84.1 Å². The summed E-state index contributed by atoms with van der Waals surface area (Å²) in [6, 6.07) is 4.75. The van der Waals surface area contributed by atoms with E-state index in [4.69, 9.17) is 14.2 Å². The predicted molar refractivity (Wildman–Crippen MR) is 105 cm³/mol. The molecule has 7 heteroatoms. The number of imide groups is 1. The van der Waals surface area contributed by atoms with Gasteiger partial charge in [0.05, 0.1) is 18.4 Å². The summed E-state index contributed by atoms with van der Waals surface area (Å²) < 4.78 is 15.7. The minimum Gasteiger partial charge on any atom is -0.465 e. The van der Waals surface area contributed by atoms with Gasteiger partial charge in [0.1, 0.15) is 11.2 Å². The summed E-state index contributed by atoms with van der Waals surface area (Å²) in [5, 5.41) is 0. The van der Waals surface area contributed by atoms with Gasteiger partial charge in [-0.1, -0.05) is 0 Å². The van der Waals surface area contributed by atoms with Crippen LogP contribution in [0.2, 0.25) is 0 Å². The zero-order chi connectivity index (χ0) is 21.3. The summed E-state index contributed by atoms with van der Waals surface area (Å²) in [6.07, 6.45) is 0.172. The smallest absolute Gasteiger partial charge is 0.424 e. The molecule has 28 heavy (non-hydrogen) atoms. The van der Waals surface area contributed by atoms with Crippen molar-refractivity contribution in [2.24, 2.45) is 0 Å². The van der Waals surface area contributed by atoms with E-state index in [1.807, 2.05) is 0 Å². The molecule has 0 unspecified atom stereocenters. The summed E-state index contributed by atoms with van der Waals surface area (Å²) in [6.45, 7) is 10.3. The third-order valence-electron chi connectivity index (χ3n) is 3.86. The molecule has 0 heterocycles. The molecule has 1 aliphatic carbocycles. The molecule has 0 aromatic heterocycles. The third kappa shape index (κ3) is 5.71. The molecular formula is C21H29NO6. The number of amides is 2. The van der Waals surface area contributed by atoms with Gasteiger partial charge >= 0.3 is 18.2 Å². The molecule has 1 aromatic rings. The lowest BCUT2D eigenvalue weighted by atomic mass is 10.0. The highest BCUT2D eigenvalue weighted by Crippen LogP contribution is 2.45. The lowest BCUT2D eigenvalue weighted by Gasteiger charge is -2.29. The van der Waals surface area contributed by atoms with E-state index in [1.54, 1.807) is 53.7 Å². The number of hydrogen-bond acceptors (Lipinski definition) is 6. The Kier molecular flexibility index (Phi) is 6.06. The van der Waals surface area contributed by atoms with Crippen LogP contribution in [0.4, 0.5) is 15.3 Å². The molecule has 154 valence electrons. The van der Waals surface area contributed by atoms with E-state index in [-0.39, 0.29) is 5.92 Å². The Morgan fingerprint density at radius 1 is 0.929 bits per heavy atom. The van der Waals surface area contributed by atoms with Gasteiger partial charge in [0, 0.05) is 0 Å². The summed E-state index contributed by atoms with van der Waals surface area (Å²) in [5.41, 5.74) is -0.133. The maximum absolute atomic E-state index is 12.9. The molecule has 0 bridgehead atoms. The van der Waals surface area contributed by atoms with Crippen LogP contribution in [0.3, 0.4) is 0 Å². The van der Waals surface area contributed by atoms with Crippen LogP contribution in [0.15, 0.2) is 18.2 Å². The average Bonchev–Trinajstić information content (AvgIpc) is 3.35. The first-order valence-corrected chi connectivity index (χ1v) is 9.31. The molecule has 0 spiro atoms. The van der Waals surface area contributed by atoms with Gasteiger partial charge < -0.3 is 14.2 Å². The summed E-state index contributed by atoms with van der Waals surface area (Å²) >= 11 is 0. The molecule has 1 fully saturated rings. The molecular weight excluding hydrogens is 362 g/mol. The fourth-order valence-electron chi connectivity index (χ4n) is 2.61. The first kappa shape index (κ1) is 21.7. The van der Waals surface area contributed by atoms with E-state index >= 15 is 0 Å². The number of rotatable bonds is 3. The molecule has 0 saturated heterocycles. The molecule has 1 saturated carbocycles. The van der Waals surface area contributed by atoms with Crippen LogP contribution >= 0.6 is 0 Å². The van der Waals surface area contributed by atoms with Crippen molar-refractivity contribution in [3.63, 3.8) is 0 Å². The van der Waals surface area contributed by atoms with Gasteiger partial charge in [-0.2, -0.15) is 4.90 Å². The van der Waals surface area contributed by atoms with Crippen molar-refractivity contribution in [2.75, 3.05) is 12.0 Å². The summed E-state index contributed by atoms with van der Waals surface area (Å²) in [7, 11) is 1.31. The second-order valence-corrected chi connectivity index (χ2v) is 8.84. The van der Waals surface area contributed by atoms with E-state index < -0.39 is 29.4 Å². The second kappa shape index (κ2) is 7.81. The number of anilines is 1. The van der Waals surface area contributed by atoms with Crippen LogP contribution in [0.25, 0.3) is 0 Å². The van der Waals surface area contributed by atoms with Crippen molar-refractivity contribution in [3.8, 4) is 0 Å². The fraction of sp³-hybridized carbons (Fsp3) is 0.571. The maximum Gasteiger partial charge on any atom is 0.424 e. The minimum absolute atomic E-state index is 0.159. The lowest BCUT2D eigenvalue weighted by Crippen LogP contribution is -2.44. The summed E-state index contributed by atoms with van der Waals surface area (Å²) in [4.78, 5) is 38.6. The normalized spacial score (nSPS) is 14.2. The Hall–Kier alpha value is -2.57. The largest absolute Gasteiger partial charge is 0.465 e. The van der Waals surface area contributed by atoms with Crippen LogP contribution in [0.5, 0.6) is 0 Å². The zero-order valence-electron chi connectivity index (χ0n) is 17.6. The standard InChI is InChI=1S/C21H29NO6/c1-20(2,3)27-18(24)22(19(25)28-21(4,5)6)16-11-10-14(17(23)26-7)12-15(16)13-8-9-13/h10-13H,8-9H2,1-7H3. The Morgan fingerprint density at radius 2 is 1.43 bits per heavy atom. The number of nitrogens with zero attached hydrogens (tertiary/aromatic N) is 1. The molecule has 2 rings (SSSR count). The van der Waals surface area contributed by atoms with E-state index in [0.29, 0.717) is 11.3 Å². The van der Waals surface area contributed by atoms with Crippen molar-refractivity contribution in [1.29, 1.82) is 0 Å². The van der Waals surface area contributed by atoms with Crippen LogP contribution in [0, 0.1) is 0 Å². The third-order valence-corrected chi connectivity index (χ3v) is 3.86. The van der Waals surface area contributed by atoms with Crippen LogP contribution in [-0.2, 0) is 14.2 Å². The van der Waals surface area contributed by atoms with Gasteiger partial charge in [-0.3, -0.25) is 0 Å². The van der Waals surface area contributed by atoms with Crippen LogP contribution < -0.4 is 4.90 Å². The van der Waals surface area contributed by atoms with Crippen molar-refractivity contribution in [3.05, 3.63) is 29.3 Å². The SMILES string of the molecule is COC(=O)c1ccc(N(C(=O)OC(C)(C)C)C(=O)OC(C)(C)C)c(C2CC2)c1. The van der Waals surface area contributed by atoms with Crippen molar-refractivity contribution in [1.82, 2.24) is 0 Å². The number of esters is 1. The number of hydrogen-bond donors (Lipinski definition) is 0. The van der Waals surface area contributed by atoms with Gasteiger partial charge in [0.15, 0.2) is 0 Å². The molecule has 2 amide bonds. The number of ether oxygens (including phenoxy) is 3. The average molecular weight is 391 g/mol. The molecule has 0 atom stereocenters. The van der Waals surface area contributed by atoms with Crippen LogP contribution in [0.1, 0.15) is 76.2 Å². The molecule has 1 aromatic carbocycles. The Labute approximate surface area is 165 Å². The zero-order valence-corrected chi connectivity index (χ0v) is 17.6. The molecule has 0 aliphatic heterocycles. The molecule has 7 nitrogen and oxygen atoms in total. The highest BCUT2D eigenvalue weighted by atomic mass is 16.6. The monoisotopic (exact) mass is 391 g/mol. The maximum atomic E-state index is 12.9. The topological polar surface area (TPSA) is 82.1 Å². The van der Waals surface area contributed by atoms with Crippen molar-refractivity contribution in [2.45, 2.75) is 71.5 Å². The predicted octanol–water partition coefficient (Wildman–Crippen LogP) is 5.03. The number of carbonyl (C=O) groups is 3. The first-order chi connectivity index (χ1) is 12.8. The Balaban J connectivity index is 2.51. The first-order valence-electron chi connectivity index (χ1n) is 9.31. The summed E-state index contributed by atoms with van der Waals surface area (Å²) in [5.74, 6) is -0.318. The number of carbonyl (C=O) groups excluding carboxylic acids is 3.